The molecular weight excluding hydrogens is 352 g/mol. The van der Waals surface area contributed by atoms with E-state index in [9.17, 15) is 4.79 Å². The van der Waals surface area contributed by atoms with Crippen molar-refractivity contribution in [2.24, 2.45) is 5.92 Å². The van der Waals surface area contributed by atoms with Gasteiger partial charge in [0.15, 0.2) is 5.82 Å². The van der Waals surface area contributed by atoms with Crippen LogP contribution in [0.1, 0.15) is 24.0 Å². The number of hydrogen-bond acceptors (Lipinski definition) is 5. The first-order valence-corrected chi connectivity index (χ1v) is 9.51. The normalized spacial score (nSPS) is 15.4. The lowest BCUT2D eigenvalue weighted by molar-refractivity contribution is 0.163. The molecule has 28 heavy (non-hydrogen) atoms. The van der Waals surface area contributed by atoms with Crippen molar-refractivity contribution in [3.63, 3.8) is 0 Å². The van der Waals surface area contributed by atoms with Gasteiger partial charge in [-0.3, -0.25) is 9.69 Å². The highest BCUT2D eigenvalue weighted by Gasteiger charge is 2.20. The predicted molar refractivity (Wildman–Crippen MR) is 105 cm³/mol. The van der Waals surface area contributed by atoms with Crippen molar-refractivity contribution in [2.45, 2.75) is 25.9 Å². The van der Waals surface area contributed by atoms with Crippen LogP contribution in [-0.2, 0) is 13.1 Å². The Morgan fingerprint density at radius 2 is 1.89 bits per heavy atom. The summed E-state index contributed by atoms with van der Waals surface area (Å²) in [7, 11) is 0. The number of benzene rings is 1. The van der Waals surface area contributed by atoms with E-state index in [-0.39, 0.29) is 5.56 Å². The van der Waals surface area contributed by atoms with E-state index in [2.05, 4.69) is 21.2 Å². The summed E-state index contributed by atoms with van der Waals surface area (Å²) in [5.74, 6) is 1.10. The van der Waals surface area contributed by atoms with E-state index in [1.807, 2.05) is 36.5 Å². The molecule has 3 heterocycles. The van der Waals surface area contributed by atoms with Gasteiger partial charge in [0.1, 0.15) is 0 Å². The third kappa shape index (κ3) is 4.18. The Bertz CT molecular complexity index is 1010. The molecule has 4 rings (SSSR count). The first-order chi connectivity index (χ1) is 13.7. The van der Waals surface area contributed by atoms with Crippen molar-refractivity contribution >= 4 is 0 Å². The van der Waals surface area contributed by atoms with Gasteiger partial charge in [0, 0.05) is 31.5 Å². The molecule has 0 atom stereocenters. The maximum absolute atomic E-state index is 12.2. The van der Waals surface area contributed by atoms with Gasteiger partial charge in [-0.25, -0.2) is 9.36 Å². The minimum Gasteiger partial charge on any atom is -0.299 e. The van der Waals surface area contributed by atoms with Crippen LogP contribution in [0.15, 0.2) is 59.7 Å². The van der Waals surface area contributed by atoms with Gasteiger partial charge < -0.3 is 0 Å². The zero-order valence-electron chi connectivity index (χ0n) is 15.6. The molecule has 1 aliphatic rings. The maximum atomic E-state index is 12.2. The maximum Gasteiger partial charge on any atom is 0.266 e. The second-order valence-corrected chi connectivity index (χ2v) is 7.19. The summed E-state index contributed by atoms with van der Waals surface area (Å²) in [6.45, 7) is 3.53. The molecule has 2 aromatic heterocycles. The van der Waals surface area contributed by atoms with Gasteiger partial charge in [0.2, 0.25) is 0 Å². The van der Waals surface area contributed by atoms with Gasteiger partial charge >= 0.3 is 0 Å². The highest BCUT2D eigenvalue weighted by Crippen LogP contribution is 2.20. The lowest BCUT2D eigenvalue weighted by Crippen LogP contribution is -2.36. The summed E-state index contributed by atoms with van der Waals surface area (Å²) in [4.78, 5) is 14.6. The van der Waals surface area contributed by atoms with E-state index in [4.69, 9.17) is 5.26 Å². The van der Waals surface area contributed by atoms with Crippen LogP contribution in [0.5, 0.6) is 0 Å². The zero-order valence-corrected chi connectivity index (χ0v) is 15.6. The lowest BCUT2D eigenvalue weighted by Gasteiger charge is -2.32. The number of rotatable bonds is 5. The molecule has 0 N–H and O–H groups in total. The summed E-state index contributed by atoms with van der Waals surface area (Å²) in [5, 5.41) is 17.6. The summed E-state index contributed by atoms with van der Waals surface area (Å²) in [5.41, 5.74) is 1.84. The molecule has 0 amide bonds. The standard InChI is InChI=1S/C21H22N6O/c22-14-17-2-4-18(5-3-17)15-25-12-8-19(9-13-25)16-27-21(28)7-6-20(24-27)26-11-1-10-23-26/h1-7,10-11,19H,8-9,12-13,15-16H2. The quantitative estimate of drug-likeness (QED) is 0.684. The summed E-state index contributed by atoms with van der Waals surface area (Å²) < 4.78 is 3.23. The van der Waals surface area contributed by atoms with Gasteiger partial charge in [-0.05, 0) is 61.7 Å². The molecule has 0 saturated carbocycles. The van der Waals surface area contributed by atoms with Crippen LogP contribution in [0.2, 0.25) is 0 Å². The molecule has 1 aromatic carbocycles. The van der Waals surface area contributed by atoms with E-state index in [1.165, 1.54) is 5.56 Å². The predicted octanol–water partition coefficient (Wildman–Crippen LogP) is 2.21. The van der Waals surface area contributed by atoms with Gasteiger partial charge in [0.05, 0.1) is 11.6 Å². The monoisotopic (exact) mass is 374 g/mol. The van der Waals surface area contributed by atoms with E-state index in [0.717, 1.165) is 32.5 Å². The number of hydrogen-bond donors (Lipinski definition) is 0. The second-order valence-electron chi connectivity index (χ2n) is 7.19. The fraction of sp³-hybridized carbons (Fsp3) is 0.333. The van der Waals surface area contributed by atoms with Crippen LogP contribution in [0.3, 0.4) is 0 Å². The molecule has 1 saturated heterocycles. The highest BCUT2D eigenvalue weighted by molar-refractivity contribution is 5.31. The Balaban J connectivity index is 1.35. The number of nitriles is 1. The molecule has 7 nitrogen and oxygen atoms in total. The molecule has 3 aromatic rings. The SMILES string of the molecule is N#Cc1ccc(CN2CCC(Cn3nc(-n4cccn4)ccc3=O)CC2)cc1. The average molecular weight is 374 g/mol. The van der Waals surface area contributed by atoms with Crippen LogP contribution in [0, 0.1) is 17.2 Å². The number of nitrogens with zero attached hydrogens (tertiary/aromatic N) is 6. The molecule has 0 aliphatic carbocycles. The first kappa shape index (κ1) is 18.1. The minimum absolute atomic E-state index is 0.0732. The van der Waals surface area contributed by atoms with E-state index < -0.39 is 0 Å². The lowest BCUT2D eigenvalue weighted by atomic mass is 9.96. The smallest absolute Gasteiger partial charge is 0.266 e. The molecule has 1 aliphatic heterocycles. The highest BCUT2D eigenvalue weighted by atomic mass is 16.1. The molecule has 1 fully saturated rings. The average Bonchev–Trinajstić information content (AvgIpc) is 3.26. The van der Waals surface area contributed by atoms with Gasteiger partial charge in [-0.1, -0.05) is 12.1 Å². The van der Waals surface area contributed by atoms with Crippen molar-refractivity contribution in [3.05, 3.63) is 76.3 Å². The van der Waals surface area contributed by atoms with E-state index in [1.54, 1.807) is 27.7 Å². The van der Waals surface area contributed by atoms with Crippen LogP contribution in [0.4, 0.5) is 0 Å². The van der Waals surface area contributed by atoms with Crippen LogP contribution in [-0.4, -0.2) is 37.6 Å². The molecule has 0 bridgehead atoms. The first-order valence-electron chi connectivity index (χ1n) is 9.51. The van der Waals surface area contributed by atoms with E-state index >= 15 is 0 Å². The van der Waals surface area contributed by atoms with Crippen LogP contribution >= 0.6 is 0 Å². The molecular formula is C21H22N6O. The third-order valence-corrected chi connectivity index (χ3v) is 5.22. The third-order valence-electron chi connectivity index (χ3n) is 5.22. The Morgan fingerprint density at radius 3 is 2.57 bits per heavy atom. The molecule has 0 spiro atoms. The van der Waals surface area contributed by atoms with Crippen molar-refractivity contribution in [1.82, 2.24) is 24.5 Å². The number of likely N-dealkylation sites (tertiary alicyclic amines) is 1. The Morgan fingerprint density at radius 1 is 1.11 bits per heavy atom. The van der Waals surface area contributed by atoms with Crippen molar-refractivity contribution in [2.75, 3.05) is 13.1 Å². The van der Waals surface area contributed by atoms with Gasteiger partial charge in [-0.15, -0.1) is 5.10 Å². The zero-order chi connectivity index (χ0) is 19.3. The molecule has 142 valence electrons. The van der Waals surface area contributed by atoms with Crippen LogP contribution < -0.4 is 5.56 Å². The van der Waals surface area contributed by atoms with E-state index in [0.29, 0.717) is 23.8 Å². The number of aromatic nitrogens is 4. The van der Waals surface area contributed by atoms with Crippen LogP contribution in [0.25, 0.3) is 5.82 Å². The van der Waals surface area contributed by atoms with Crippen molar-refractivity contribution in [3.8, 4) is 11.9 Å². The Kier molecular flexibility index (Phi) is 5.31. The largest absolute Gasteiger partial charge is 0.299 e. The Hall–Kier alpha value is -3.24. The second kappa shape index (κ2) is 8.19. The fourth-order valence-electron chi connectivity index (χ4n) is 3.61. The fourth-order valence-corrected chi connectivity index (χ4v) is 3.61. The summed E-state index contributed by atoms with van der Waals surface area (Å²) in [6.07, 6.45) is 5.59. The Labute approximate surface area is 163 Å². The van der Waals surface area contributed by atoms with Crippen molar-refractivity contribution in [1.29, 1.82) is 5.26 Å². The van der Waals surface area contributed by atoms with Gasteiger partial charge in [0.25, 0.3) is 5.56 Å². The molecule has 0 unspecified atom stereocenters. The summed E-state index contributed by atoms with van der Waals surface area (Å²) in [6, 6.07) is 15.0. The minimum atomic E-state index is -0.0732. The molecule has 7 heteroatoms. The van der Waals surface area contributed by atoms with Crippen molar-refractivity contribution < 1.29 is 0 Å². The summed E-state index contributed by atoms with van der Waals surface area (Å²) >= 11 is 0. The number of piperidine rings is 1. The topological polar surface area (TPSA) is 79.7 Å². The molecule has 0 radical (unpaired) electrons. The van der Waals surface area contributed by atoms with Gasteiger partial charge in [-0.2, -0.15) is 10.4 Å².